The first-order valence-corrected chi connectivity index (χ1v) is 13.3. The molecule has 0 aliphatic heterocycles. The molecular weight excluding hydrogens is 406 g/mol. The molecule has 27 heavy (non-hydrogen) atoms. The highest BCUT2D eigenvalue weighted by atomic mass is 35.5. The summed E-state index contributed by atoms with van der Waals surface area (Å²) >= 11 is 0. The Balaban J connectivity index is 0. The van der Waals surface area contributed by atoms with Gasteiger partial charge in [-0.3, -0.25) is 0 Å². The predicted molar refractivity (Wildman–Crippen MR) is 107 cm³/mol. The molecule has 7 nitrogen and oxygen atoms in total. The number of unbranched alkanes of at least 4 members (excludes halogenated alkanes) is 5. The van der Waals surface area contributed by atoms with E-state index in [1.165, 1.54) is 38.5 Å². The van der Waals surface area contributed by atoms with Crippen LogP contribution < -0.4 is 17.7 Å². The van der Waals surface area contributed by atoms with Crippen molar-refractivity contribution in [1.29, 1.82) is 0 Å². The summed E-state index contributed by atoms with van der Waals surface area (Å²) in [5, 5.41) is 2.17. The number of nitrogens with two attached hydrogens (primary N) is 1. The van der Waals surface area contributed by atoms with E-state index in [4.69, 9.17) is 26.6 Å². The Labute approximate surface area is 174 Å². The second-order valence-electron chi connectivity index (χ2n) is 6.41. The number of hydrogen-bond donors (Lipinski definition) is 1. The van der Waals surface area contributed by atoms with Crippen LogP contribution in [0.1, 0.15) is 51.9 Å². The number of hydrogen-bond acceptors (Lipinski definition) is 6. The summed E-state index contributed by atoms with van der Waals surface area (Å²) in [5.41, 5.74) is 0. The van der Waals surface area contributed by atoms with Gasteiger partial charge >= 0.3 is 17.6 Å². The summed E-state index contributed by atoms with van der Waals surface area (Å²) in [4.78, 5) is 0. The third-order valence-corrected chi connectivity index (χ3v) is 12.8. The monoisotopic (exact) mass is 447 g/mol. The van der Waals surface area contributed by atoms with Crippen LogP contribution in [-0.2, 0) is 26.6 Å². The zero-order valence-electron chi connectivity index (χ0n) is 18.3. The lowest BCUT2D eigenvalue weighted by atomic mass is 10.1. The highest BCUT2D eigenvalue weighted by Gasteiger charge is 2.63. The van der Waals surface area contributed by atoms with Gasteiger partial charge in [-0.05, 0) is 12.8 Å². The molecule has 0 aromatic carbocycles. The van der Waals surface area contributed by atoms with Crippen molar-refractivity contribution in [2.45, 2.75) is 57.0 Å². The molecule has 0 fully saturated rings. The van der Waals surface area contributed by atoms with E-state index >= 15 is 0 Å². The molecule has 0 bridgehead atoms. The van der Waals surface area contributed by atoms with E-state index in [1.807, 2.05) is 0 Å². The summed E-state index contributed by atoms with van der Waals surface area (Å²) in [7, 11) is 3.77. The van der Waals surface area contributed by atoms with Crippen LogP contribution in [-0.4, -0.2) is 73.4 Å². The van der Waals surface area contributed by atoms with Gasteiger partial charge in [-0.1, -0.05) is 32.6 Å². The lowest BCUT2D eigenvalue weighted by molar-refractivity contribution is -0.655. The molecule has 0 atom stereocenters. The highest BCUT2D eigenvalue weighted by Crippen LogP contribution is 2.37. The summed E-state index contributed by atoms with van der Waals surface area (Å²) in [5.74, 6) is 0. The standard InChI is InChI=1S/C17H41NO6Si2.ClH/c1-8-9-10-11-12-13-15-18-16-14-17(25(19-2,20-3)21-4)26(22-5,23-6)24-7;/h17-18H,8-16H2,1-7H3;1H. The molecule has 0 aromatic rings. The summed E-state index contributed by atoms with van der Waals surface area (Å²) in [6, 6.07) is 0. The van der Waals surface area contributed by atoms with E-state index in [1.54, 1.807) is 42.7 Å². The van der Waals surface area contributed by atoms with E-state index < -0.39 is 17.6 Å². The van der Waals surface area contributed by atoms with E-state index in [2.05, 4.69) is 12.2 Å². The van der Waals surface area contributed by atoms with Gasteiger partial charge in [-0.15, -0.1) is 0 Å². The van der Waals surface area contributed by atoms with Gasteiger partial charge < -0.3 is 44.3 Å². The molecule has 166 valence electrons. The minimum absolute atomic E-state index is 0. The topological polar surface area (TPSA) is 72.0 Å². The van der Waals surface area contributed by atoms with Gasteiger partial charge in [-0.2, -0.15) is 0 Å². The Morgan fingerprint density at radius 2 is 1.04 bits per heavy atom. The van der Waals surface area contributed by atoms with Crippen molar-refractivity contribution in [3.05, 3.63) is 0 Å². The Hall–Kier alpha value is 0.444. The van der Waals surface area contributed by atoms with Crippen molar-refractivity contribution in [2.24, 2.45) is 0 Å². The molecule has 0 unspecified atom stereocenters. The third-order valence-electron chi connectivity index (χ3n) is 4.98. The zero-order valence-corrected chi connectivity index (χ0v) is 21.1. The molecule has 0 aliphatic rings. The van der Waals surface area contributed by atoms with Gasteiger partial charge in [0.25, 0.3) is 0 Å². The van der Waals surface area contributed by atoms with Gasteiger partial charge in [-0.25, -0.2) is 0 Å². The molecule has 0 amide bonds. The summed E-state index contributed by atoms with van der Waals surface area (Å²) in [6.07, 6.45) is 8.68. The van der Waals surface area contributed by atoms with Crippen molar-refractivity contribution >= 4 is 17.6 Å². The van der Waals surface area contributed by atoms with Crippen LogP contribution in [0.15, 0.2) is 0 Å². The second kappa shape index (κ2) is 17.3. The fraction of sp³-hybridized carbons (Fsp3) is 1.00. The van der Waals surface area contributed by atoms with E-state index in [0.717, 1.165) is 19.5 Å². The zero-order chi connectivity index (χ0) is 19.9. The van der Waals surface area contributed by atoms with Crippen molar-refractivity contribution in [3.63, 3.8) is 0 Å². The van der Waals surface area contributed by atoms with Crippen LogP contribution in [0, 0.1) is 0 Å². The Morgan fingerprint density at radius 3 is 1.44 bits per heavy atom. The molecule has 0 saturated heterocycles. The van der Waals surface area contributed by atoms with Gasteiger partial charge in [0.15, 0.2) is 0 Å². The molecule has 0 radical (unpaired) electrons. The van der Waals surface area contributed by atoms with Gasteiger partial charge in [0.05, 0.1) is 13.1 Å². The van der Waals surface area contributed by atoms with Gasteiger partial charge in [0, 0.05) is 49.1 Å². The van der Waals surface area contributed by atoms with Crippen LogP contribution >= 0.6 is 0 Å². The Kier molecular flexibility index (Phi) is 19.0. The maximum Gasteiger partial charge on any atom is 0.508 e. The Morgan fingerprint density at radius 1 is 0.630 bits per heavy atom. The first-order valence-electron chi connectivity index (χ1n) is 9.68. The lowest BCUT2D eigenvalue weighted by Crippen LogP contribution is -3.00. The summed E-state index contributed by atoms with van der Waals surface area (Å²) in [6.45, 7) is 4.30. The van der Waals surface area contributed by atoms with Gasteiger partial charge in [0.1, 0.15) is 5.16 Å². The molecule has 2 N–H and O–H groups in total. The van der Waals surface area contributed by atoms with Gasteiger partial charge in [0.2, 0.25) is 0 Å². The quantitative estimate of drug-likeness (QED) is 0.214. The first kappa shape index (κ1) is 29.6. The van der Waals surface area contributed by atoms with Crippen molar-refractivity contribution in [2.75, 3.05) is 55.7 Å². The van der Waals surface area contributed by atoms with Crippen molar-refractivity contribution in [3.8, 4) is 0 Å². The van der Waals surface area contributed by atoms with Crippen molar-refractivity contribution in [1.82, 2.24) is 0 Å². The molecule has 0 saturated carbocycles. The van der Waals surface area contributed by atoms with Crippen LogP contribution in [0.4, 0.5) is 0 Å². The molecule has 0 rings (SSSR count). The largest absolute Gasteiger partial charge is 1.00 e. The smallest absolute Gasteiger partial charge is 0.508 e. The van der Waals surface area contributed by atoms with Crippen LogP contribution in [0.25, 0.3) is 0 Å². The fourth-order valence-corrected chi connectivity index (χ4v) is 11.0. The second-order valence-corrected chi connectivity index (χ2v) is 13.2. The first-order chi connectivity index (χ1) is 12.6. The average molecular weight is 448 g/mol. The predicted octanol–water partition coefficient (Wildman–Crippen LogP) is -1.03. The highest BCUT2D eigenvalue weighted by molar-refractivity contribution is 6.82. The number of rotatable bonds is 18. The third kappa shape index (κ3) is 9.20. The maximum absolute atomic E-state index is 5.72. The van der Waals surface area contributed by atoms with E-state index in [-0.39, 0.29) is 17.6 Å². The summed E-state index contributed by atoms with van der Waals surface area (Å²) < 4.78 is 34.3. The van der Waals surface area contributed by atoms with E-state index in [0.29, 0.717) is 0 Å². The number of halogens is 1. The minimum Gasteiger partial charge on any atom is -1.00 e. The SMILES string of the molecule is CCCCCCCC[NH2+]CCC([Si](OC)(OC)OC)[Si](OC)(OC)OC.[Cl-]. The number of quaternary nitrogens is 1. The molecule has 0 heterocycles. The average Bonchev–Trinajstić information content (AvgIpc) is 2.69. The molecule has 0 aliphatic carbocycles. The lowest BCUT2D eigenvalue weighted by Gasteiger charge is -2.39. The normalized spacial score (nSPS) is 12.4. The Bertz CT molecular complexity index is 300. The van der Waals surface area contributed by atoms with Crippen molar-refractivity contribution < 1.29 is 44.3 Å². The van der Waals surface area contributed by atoms with E-state index in [9.17, 15) is 0 Å². The fourth-order valence-electron chi connectivity index (χ4n) is 3.42. The van der Waals surface area contributed by atoms with Crippen LogP contribution in [0.3, 0.4) is 0 Å². The van der Waals surface area contributed by atoms with Crippen LogP contribution in [0.5, 0.6) is 0 Å². The minimum atomic E-state index is -2.97. The van der Waals surface area contributed by atoms with Crippen LogP contribution in [0.2, 0.25) is 5.16 Å². The maximum atomic E-state index is 5.72. The molecule has 10 heteroatoms. The molecule has 0 aromatic heterocycles. The molecular formula is C17H42ClNO6Si2. The molecule has 0 spiro atoms.